The summed E-state index contributed by atoms with van der Waals surface area (Å²) in [5.41, 5.74) is 2.73. The van der Waals surface area contributed by atoms with E-state index in [1.165, 1.54) is 6.42 Å². The summed E-state index contributed by atoms with van der Waals surface area (Å²) in [6, 6.07) is 12.8. The van der Waals surface area contributed by atoms with Crippen molar-refractivity contribution < 1.29 is 4.79 Å². The van der Waals surface area contributed by atoms with Crippen LogP contribution in [0.4, 0.5) is 5.69 Å². The Hall–Kier alpha value is -3.81. The highest BCUT2D eigenvalue weighted by atomic mass is 16.1. The molecule has 8 heteroatoms. The number of benzene rings is 2. The van der Waals surface area contributed by atoms with Gasteiger partial charge in [0.15, 0.2) is 5.82 Å². The van der Waals surface area contributed by atoms with E-state index in [1.807, 2.05) is 24.3 Å². The molecule has 1 amide bonds. The highest BCUT2D eigenvalue weighted by Crippen LogP contribution is 2.24. The van der Waals surface area contributed by atoms with Crippen LogP contribution in [0, 0.1) is 0 Å². The van der Waals surface area contributed by atoms with Gasteiger partial charge in [0.25, 0.3) is 11.5 Å². The molecule has 0 spiro atoms. The monoisotopic (exact) mass is 468 g/mol. The number of hydrogen-bond acceptors (Lipinski definition) is 5. The van der Waals surface area contributed by atoms with E-state index in [4.69, 9.17) is 4.98 Å². The number of aryl methyl sites for hydroxylation is 2. The number of hydrogen-bond donors (Lipinski definition) is 1. The highest BCUT2D eigenvalue weighted by Gasteiger charge is 2.17. The van der Waals surface area contributed by atoms with Gasteiger partial charge in [-0.25, -0.2) is 4.98 Å². The molecule has 0 radical (unpaired) electrons. The van der Waals surface area contributed by atoms with Crippen LogP contribution in [-0.2, 0) is 25.9 Å². The van der Waals surface area contributed by atoms with Gasteiger partial charge in [-0.1, -0.05) is 12.8 Å². The van der Waals surface area contributed by atoms with E-state index in [9.17, 15) is 9.59 Å². The maximum Gasteiger partial charge on any atom is 0.261 e. The average Bonchev–Trinajstić information content (AvgIpc) is 3.03. The molecule has 0 unspecified atom stereocenters. The molecule has 0 saturated carbocycles. The first-order valence-corrected chi connectivity index (χ1v) is 12.5. The van der Waals surface area contributed by atoms with Crippen molar-refractivity contribution in [2.75, 3.05) is 5.32 Å². The van der Waals surface area contributed by atoms with E-state index >= 15 is 0 Å². The molecule has 6 rings (SSSR count). The maximum atomic E-state index is 13.0. The zero-order chi connectivity index (χ0) is 23.8. The molecule has 8 nitrogen and oxygen atoms in total. The first-order valence-electron chi connectivity index (χ1n) is 12.5. The Balaban J connectivity index is 1.23. The minimum Gasteiger partial charge on any atom is -0.322 e. The van der Waals surface area contributed by atoms with Crippen molar-refractivity contribution in [2.24, 2.45) is 0 Å². The largest absolute Gasteiger partial charge is 0.322 e. The lowest BCUT2D eigenvalue weighted by Gasteiger charge is -2.11. The molecule has 1 N–H and O–H groups in total. The zero-order valence-electron chi connectivity index (χ0n) is 19.7. The number of aromatic nitrogens is 5. The fraction of sp³-hybridized carbons (Fsp3) is 0.370. The number of fused-ring (bicyclic) bond motifs is 3. The van der Waals surface area contributed by atoms with Crippen LogP contribution in [-0.4, -0.2) is 30.2 Å². The molecule has 178 valence electrons. The molecule has 2 aromatic carbocycles. The third kappa shape index (κ3) is 4.13. The first kappa shape index (κ1) is 21.7. The van der Waals surface area contributed by atoms with Crippen LogP contribution in [0.2, 0.25) is 0 Å². The predicted octanol–water partition coefficient (Wildman–Crippen LogP) is 4.36. The molecule has 0 bridgehead atoms. The topological polar surface area (TPSA) is 94.7 Å². The van der Waals surface area contributed by atoms with Gasteiger partial charge in [-0.15, -0.1) is 10.2 Å². The number of nitrogens with one attached hydrogen (secondary N) is 1. The van der Waals surface area contributed by atoms with E-state index < -0.39 is 0 Å². The lowest BCUT2D eigenvalue weighted by atomic mass is 10.1. The third-order valence-corrected chi connectivity index (χ3v) is 7.09. The van der Waals surface area contributed by atoms with Gasteiger partial charge in [-0.2, -0.15) is 0 Å². The van der Waals surface area contributed by atoms with E-state index in [1.54, 1.807) is 22.8 Å². The molecule has 2 aromatic heterocycles. The second kappa shape index (κ2) is 9.09. The van der Waals surface area contributed by atoms with Gasteiger partial charge in [-0.05, 0) is 68.1 Å². The smallest absolute Gasteiger partial charge is 0.261 e. The Bertz CT molecular complexity index is 1470. The summed E-state index contributed by atoms with van der Waals surface area (Å²) in [7, 11) is 0. The van der Waals surface area contributed by atoms with E-state index in [0.717, 1.165) is 74.5 Å². The van der Waals surface area contributed by atoms with E-state index in [2.05, 4.69) is 20.1 Å². The molecule has 2 aliphatic heterocycles. The van der Waals surface area contributed by atoms with Crippen LogP contribution in [0.1, 0.15) is 60.5 Å². The summed E-state index contributed by atoms with van der Waals surface area (Å²) in [5.74, 6) is 2.52. The van der Waals surface area contributed by atoms with Crippen molar-refractivity contribution in [1.29, 1.82) is 0 Å². The van der Waals surface area contributed by atoms with Gasteiger partial charge in [-0.3, -0.25) is 14.2 Å². The fourth-order valence-corrected chi connectivity index (χ4v) is 5.16. The summed E-state index contributed by atoms with van der Waals surface area (Å²) in [4.78, 5) is 30.7. The van der Waals surface area contributed by atoms with Gasteiger partial charge in [0, 0.05) is 42.7 Å². The second-order valence-corrected chi connectivity index (χ2v) is 9.46. The second-order valence-electron chi connectivity index (χ2n) is 9.46. The number of carbonyl (C=O) groups excluding carboxylic acids is 1. The molecule has 4 heterocycles. The first-order chi connectivity index (χ1) is 17.2. The Labute approximate surface area is 203 Å². The van der Waals surface area contributed by atoms with Gasteiger partial charge < -0.3 is 9.88 Å². The molecule has 0 fully saturated rings. The van der Waals surface area contributed by atoms with Gasteiger partial charge in [0.05, 0.1) is 10.9 Å². The van der Waals surface area contributed by atoms with Crippen LogP contribution >= 0.6 is 0 Å². The minimum absolute atomic E-state index is 0.0131. The van der Waals surface area contributed by atoms with Crippen molar-refractivity contribution in [3.8, 4) is 11.4 Å². The maximum absolute atomic E-state index is 13.0. The molecule has 0 aliphatic carbocycles. The normalized spacial score (nSPS) is 15.7. The SMILES string of the molecule is O=C(Nc1ccc(-c2nnc3n2CCCCC3)cc1)c1ccc2c(=O)n3c(nc2c1)CCCCC3. The Morgan fingerprint density at radius 1 is 0.800 bits per heavy atom. The molecular weight excluding hydrogens is 440 g/mol. The Kier molecular flexibility index (Phi) is 5.64. The predicted molar refractivity (Wildman–Crippen MR) is 135 cm³/mol. The number of carbonyl (C=O) groups is 1. The van der Waals surface area contributed by atoms with Crippen molar-refractivity contribution in [1.82, 2.24) is 24.3 Å². The van der Waals surface area contributed by atoms with Crippen molar-refractivity contribution in [3.63, 3.8) is 0 Å². The number of anilines is 1. The van der Waals surface area contributed by atoms with Gasteiger partial charge in [0.1, 0.15) is 11.6 Å². The standard InChI is InChI=1S/C27H28N6O2/c34-26(19-11-14-21-22(17-19)29-23-7-3-1-6-16-33(23)27(21)35)28-20-12-9-18(10-13-20)25-31-30-24-8-4-2-5-15-32(24)25/h9-14,17H,1-8,15-16H2,(H,28,34). The van der Waals surface area contributed by atoms with Crippen LogP contribution in [0.3, 0.4) is 0 Å². The van der Waals surface area contributed by atoms with E-state index in [-0.39, 0.29) is 11.5 Å². The quantitative estimate of drug-likeness (QED) is 0.482. The van der Waals surface area contributed by atoms with Gasteiger partial charge in [0.2, 0.25) is 0 Å². The number of amides is 1. The van der Waals surface area contributed by atoms with Gasteiger partial charge >= 0.3 is 0 Å². The summed E-state index contributed by atoms with van der Waals surface area (Å²) in [6.07, 6.45) is 8.42. The molecule has 0 saturated heterocycles. The lowest BCUT2D eigenvalue weighted by molar-refractivity contribution is 0.102. The van der Waals surface area contributed by atoms with E-state index in [0.29, 0.717) is 28.7 Å². The Morgan fingerprint density at radius 2 is 1.54 bits per heavy atom. The van der Waals surface area contributed by atoms with Crippen molar-refractivity contribution in [2.45, 2.75) is 64.5 Å². The summed E-state index contributed by atoms with van der Waals surface area (Å²) < 4.78 is 4.01. The van der Waals surface area contributed by atoms with Crippen LogP contribution in [0.25, 0.3) is 22.3 Å². The zero-order valence-corrected chi connectivity index (χ0v) is 19.7. The molecule has 2 aliphatic rings. The Morgan fingerprint density at radius 3 is 2.34 bits per heavy atom. The minimum atomic E-state index is -0.229. The summed E-state index contributed by atoms with van der Waals surface area (Å²) >= 11 is 0. The average molecular weight is 469 g/mol. The number of rotatable bonds is 3. The number of nitrogens with zero attached hydrogens (tertiary/aromatic N) is 5. The third-order valence-electron chi connectivity index (χ3n) is 7.09. The lowest BCUT2D eigenvalue weighted by Crippen LogP contribution is -2.24. The highest BCUT2D eigenvalue weighted by molar-refractivity contribution is 6.06. The van der Waals surface area contributed by atoms with Crippen molar-refractivity contribution >= 4 is 22.5 Å². The molecule has 4 aromatic rings. The van der Waals surface area contributed by atoms with Crippen molar-refractivity contribution in [3.05, 3.63) is 70.0 Å². The molecule has 0 atom stereocenters. The van der Waals surface area contributed by atoms with Crippen LogP contribution in [0.5, 0.6) is 0 Å². The van der Waals surface area contributed by atoms with Crippen LogP contribution in [0.15, 0.2) is 47.3 Å². The summed E-state index contributed by atoms with van der Waals surface area (Å²) in [6.45, 7) is 1.66. The fourth-order valence-electron chi connectivity index (χ4n) is 5.16. The van der Waals surface area contributed by atoms with Crippen LogP contribution < -0.4 is 10.9 Å². The summed E-state index contributed by atoms with van der Waals surface area (Å²) in [5, 5.41) is 12.3. The molecular formula is C27H28N6O2. The molecule has 35 heavy (non-hydrogen) atoms.